The number of likely N-dealkylation sites (N-methyl/N-ethyl adjacent to an activating group) is 1. The molecule has 0 saturated carbocycles. The van der Waals surface area contributed by atoms with E-state index in [-0.39, 0.29) is 11.4 Å². The van der Waals surface area contributed by atoms with Gasteiger partial charge in [-0.2, -0.15) is 0 Å². The first-order valence-corrected chi connectivity index (χ1v) is 7.28. The molecule has 4 nitrogen and oxygen atoms in total. The third-order valence-electron chi connectivity index (χ3n) is 4.50. The minimum atomic E-state index is 0.141. The lowest BCUT2D eigenvalue weighted by Gasteiger charge is -2.35. The van der Waals surface area contributed by atoms with Crippen LogP contribution in [-0.4, -0.2) is 61.0 Å². The third kappa shape index (κ3) is 3.95. The highest BCUT2D eigenvalue weighted by atomic mass is 16.2. The molecule has 1 aliphatic heterocycles. The van der Waals surface area contributed by atoms with Crippen LogP contribution in [0.4, 0.5) is 0 Å². The van der Waals surface area contributed by atoms with E-state index in [9.17, 15) is 4.79 Å². The lowest BCUT2D eigenvalue weighted by molar-refractivity contribution is -0.132. The summed E-state index contributed by atoms with van der Waals surface area (Å²) < 4.78 is 0. The number of carbonyl (C=O) groups excluding carboxylic acids is 1. The predicted octanol–water partition coefficient (Wildman–Crippen LogP) is 1.32. The molecular weight excluding hydrogens is 226 g/mol. The Labute approximate surface area is 112 Å². The van der Waals surface area contributed by atoms with Gasteiger partial charge < -0.3 is 15.1 Å². The normalized spacial score (nSPS) is 18.1. The average molecular weight is 255 g/mol. The molecule has 0 radical (unpaired) electrons. The standard InChI is InChI=1S/C14H29N3O/c1-5-14(6-2,7-3)15-12-13(18)17-10-8-16(4)9-11-17/h15H,5-12H2,1-4H3. The molecule has 0 unspecified atom stereocenters. The monoisotopic (exact) mass is 255 g/mol. The number of nitrogens with one attached hydrogen (secondary N) is 1. The molecule has 0 aromatic heterocycles. The number of piperazine rings is 1. The van der Waals surface area contributed by atoms with Crippen LogP contribution in [0.3, 0.4) is 0 Å². The molecule has 0 bridgehead atoms. The van der Waals surface area contributed by atoms with Crippen LogP contribution >= 0.6 is 0 Å². The second-order valence-electron chi connectivity index (χ2n) is 5.38. The number of hydrogen-bond acceptors (Lipinski definition) is 3. The number of hydrogen-bond donors (Lipinski definition) is 1. The van der Waals surface area contributed by atoms with E-state index >= 15 is 0 Å². The molecule has 0 aromatic rings. The number of nitrogens with zero attached hydrogens (tertiary/aromatic N) is 2. The van der Waals surface area contributed by atoms with Crippen LogP contribution in [0.15, 0.2) is 0 Å². The van der Waals surface area contributed by atoms with Gasteiger partial charge in [0, 0.05) is 31.7 Å². The summed E-state index contributed by atoms with van der Waals surface area (Å²) in [5.41, 5.74) is 0.141. The lowest BCUT2D eigenvalue weighted by atomic mass is 9.90. The molecule has 4 heteroatoms. The van der Waals surface area contributed by atoms with Crippen molar-refractivity contribution in [1.29, 1.82) is 0 Å². The van der Waals surface area contributed by atoms with E-state index in [1.54, 1.807) is 0 Å². The van der Waals surface area contributed by atoms with Crippen LogP contribution in [-0.2, 0) is 4.79 Å². The van der Waals surface area contributed by atoms with Crippen LogP contribution in [0.5, 0.6) is 0 Å². The van der Waals surface area contributed by atoms with Crippen molar-refractivity contribution in [3.8, 4) is 0 Å². The predicted molar refractivity (Wildman–Crippen MR) is 75.7 cm³/mol. The molecule has 1 amide bonds. The minimum absolute atomic E-state index is 0.141. The number of amides is 1. The topological polar surface area (TPSA) is 35.6 Å². The van der Waals surface area contributed by atoms with Gasteiger partial charge in [0.15, 0.2) is 0 Å². The summed E-state index contributed by atoms with van der Waals surface area (Å²) in [6, 6.07) is 0. The van der Waals surface area contributed by atoms with Gasteiger partial charge in [0.05, 0.1) is 6.54 Å². The first-order chi connectivity index (χ1) is 8.56. The van der Waals surface area contributed by atoms with Crippen molar-refractivity contribution >= 4 is 5.91 Å². The summed E-state index contributed by atoms with van der Waals surface area (Å²) in [6.07, 6.45) is 3.24. The van der Waals surface area contributed by atoms with E-state index in [0.717, 1.165) is 45.4 Å². The Morgan fingerprint density at radius 3 is 2.00 bits per heavy atom. The fourth-order valence-electron chi connectivity index (χ4n) is 2.56. The first kappa shape index (κ1) is 15.4. The van der Waals surface area contributed by atoms with Crippen LogP contribution in [0, 0.1) is 0 Å². The largest absolute Gasteiger partial charge is 0.339 e. The SMILES string of the molecule is CCC(CC)(CC)NCC(=O)N1CCN(C)CC1. The Kier molecular flexibility index (Phi) is 6.09. The van der Waals surface area contributed by atoms with Crippen molar-refractivity contribution in [2.24, 2.45) is 0 Å². The van der Waals surface area contributed by atoms with Crippen LogP contribution < -0.4 is 5.32 Å². The lowest BCUT2D eigenvalue weighted by Crippen LogP contribution is -2.53. The van der Waals surface area contributed by atoms with Gasteiger partial charge in [-0.3, -0.25) is 4.79 Å². The molecule has 106 valence electrons. The van der Waals surface area contributed by atoms with Gasteiger partial charge in [0.1, 0.15) is 0 Å². The molecule has 0 spiro atoms. The Morgan fingerprint density at radius 2 is 1.56 bits per heavy atom. The summed E-state index contributed by atoms with van der Waals surface area (Å²) in [5, 5.41) is 3.49. The maximum Gasteiger partial charge on any atom is 0.236 e. The number of rotatable bonds is 6. The van der Waals surface area contributed by atoms with Crippen LogP contribution in [0.2, 0.25) is 0 Å². The van der Waals surface area contributed by atoms with E-state index in [1.165, 1.54) is 0 Å². The van der Waals surface area contributed by atoms with Crippen LogP contribution in [0.25, 0.3) is 0 Å². The van der Waals surface area contributed by atoms with Gasteiger partial charge in [-0.15, -0.1) is 0 Å². The highest BCUT2D eigenvalue weighted by molar-refractivity contribution is 5.78. The first-order valence-electron chi connectivity index (χ1n) is 7.28. The van der Waals surface area contributed by atoms with Gasteiger partial charge in [0.25, 0.3) is 0 Å². The van der Waals surface area contributed by atoms with E-state index in [4.69, 9.17) is 0 Å². The molecule has 0 atom stereocenters. The van der Waals surface area contributed by atoms with Gasteiger partial charge in [-0.05, 0) is 26.3 Å². The summed E-state index contributed by atoms with van der Waals surface area (Å²) in [4.78, 5) is 16.4. The third-order valence-corrected chi connectivity index (χ3v) is 4.50. The molecule has 1 saturated heterocycles. The zero-order chi connectivity index (χ0) is 13.6. The van der Waals surface area contributed by atoms with E-state index in [2.05, 4.69) is 38.0 Å². The molecule has 1 fully saturated rings. The molecule has 18 heavy (non-hydrogen) atoms. The van der Waals surface area contributed by atoms with Crippen molar-refractivity contribution in [2.75, 3.05) is 39.8 Å². The Morgan fingerprint density at radius 1 is 1.06 bits per heavy atom. The Balaban J connectivity index is 2.40. The molecular formula is C14H29N3O. The highest BCUT2D eigenvalue weighted by Crippen LogP contribution is 2.18. The van der Waals surface area contributed by atoms with Crippen LogP contribution in [0.1, 0.15) is 40.0 Å². The van der Waals surface area contributed by atoms with E-state index in [1.807, 2.05) is 4.90 Å². The Hall–Kier alpha value is -0.610. The number of carbonyl (C=O) groups is 1. The minimum Gasteiger partial charge on any atom is -0.339 e. The zero-order valence-corrected chi connectivity index (χ0v) is 12.5. The van der Waals surface area contributed by atoms with E-state index in [0.29, 0.717) is 6.54 Å². The maximum absolute atomic E-state index is 12.1. The Bertz CT molecular complexity index is 248. The molecule has 0 aliphatic carbocycles. The van der Waals surface area contributed by atoms with Crippen molar-refractivity contribution in [1.82, 2.24) is 15.1 Å². The van der Waals surface area contributed by atoms with Gasteiger partial charge in [-0.25, -0.2) is 0 Å². The highest BCUT2D eigenvalue weighted by Gasteiger charge is 2.25. The quantitative estimate of drug-likeness (QED) is 0.777. The summed E-state index contributed by atoms with van der Waals surface area (Å²) in [7, 11) is 2.11. The fraction of sp³-hybridized carbons (Fsp3) is 0.929. The molecule has 1 aliphatic rings. The van der Waals surface area contributed by atoms with Gasteiger partial charge in [-0.1, -0.05) is 20.8 Å². The average Bonchev–Trinajstić information content (AvgIpc) is 2.41. The fourth-order valence-corrected chi connectivity index (χ4v) is 2.56. The smallest absolute Gasteiger partial charge is 0.236 e. The molecule has 0 aromatic carbocycles. The van der Waals surface area contributed by atoms with Gasteiger partial charge in [0.2, 0.25) is 5.91 Å². The van der Waals surface area contributed by atoms with Crippen molar-refractivity contribution in [2.45, 2.75) is 45.6 Å². The van der Waals surface area contributed by atoms with Gasteiger partial charge >= 0.3 is 0 Å². The zero-order valence-electron chi connectivity index (χ0n) is 12.5. The maximum atomic E-state index is 12.1. The summed E-state index contributed by atoms with van der Waals surface area (Å²) in [5.74, 6) is 0.253. The summed E-state index contributed by atoms with van der Waals surface area (Å²) in [6.45, 7) is 10.8. The second-order valence-corrected chi connectivity index (χ2v) is 5.38. The van der Waals surface area contributed by atoms with E-state index < -0.39 is 0 Å². The van der Waals surface area contributed by atoms with Crippen molar-refractivity contribution in [3.63, 3.8) is 0 Å². The molecule has 1 N–H and O–H groups in total. The van der Waals surface area contributed by atoms with Crippen molar-refractivity contribution < 1.29 is 4.79 Å². The molecule has 1 heterocycles. The second kappa shape index (κ2) is 7.10. The summed E-state index contributed by atoms with van der Waals surface area (Å²) >= 11 is 0. The molecule has 1 rings (SSSR count). The van der Waals surface area contributed by atoms with Crippen molar-refractivity contribution in [3.05, 3.63) is 0 Å².